The van der Waals surface area contributed by atoms with Gasteiger partial charge in [-0.1, -0.05) is 12.1 Å². The SMILES string of the molecule is COc1ccc(C(=O)C2=C(c3cc(OC)cc(OC)c3)C(c3ccc(OC)cc3)c3c(OC)cc(OC)cc32)cc1. The summed E-state index contributed by atoms with van der Waals surface area (Å²) in [6, 6.07) is 24.4. The number of hydrogen-bond donors (Lipinski definition) is 0. The lowest BCUT2D eigenvalue weighted by atomic mass is 9.84. The van der Waals surface area contributed by atoms with Crippen molar-refractivity contribution in [2.45, 2.75) is 5.92 Å². The summed E-state index contributed by atoms with van der Waals surface area (Å²) >= 11 is 0. The average Bonchev–Trinajstić information content (AvgIpc) is 3.38. The van der Waals surface area contributed by atoms with E-state index in [0.717, 1.165) is 33.6 Å². The molecular weight excluding hydrogens is 520 g/mol. The van der Waals surface area contributed by atoms with Gasteiger partial charge in [-0.15, -0.1) is 0 Å². The van der Waals surface area contributed by atoms with Crippen LogP contribution in [0.5, 0.6) is 34.5 Å². The topological polar surface area (TPSA) is 72.5 Å². The minimum absolute atomic E-state index is 0.142. The lowest BCUT2D eigenvalue weighted by Crippen LogP contribution is -2.05. The largest absolute Gasteiger partial charge is 0.497 e. The van der Waals surface area contributed by atoms with Gasteiger partial charge in [0.25, 0.3) is 0 Å². The van der Waals surface area contributed by atoms with E-state index in [0.29, 0.717) is 39.9 Å². The van der Waals surface area contributed by atoms with Crippen LogP contribution < -0.4 is 28.4 Å². The van der Waals surface area contributed by atoms with E-state index in [-0.39, 0.29) is 11.7 Å². The molecule has 5 rings (SSSR count). The maximum Gasteiger partial charge on any atom is 0.193 e. The Balaban J connectivity index is 1.88. The van der Waals surface area contributed by atoms with E-state index < -0.39 is 0 Å². The number of rotatable bonds is 10. The summed E-state index contributed by atoms with van der Waals surface area (Å²) in [5.41, 5.74) is 5.22. The van der Waals surface area contributed by atoms with E-state index in [4.69, 9.17) is 28.4 Å². The second-order valence-corrected chi connectivity index (χ2v) is 9.44. The van der Waals surface area contributed by atoms with E-state index in [9.17, 15) is 4.79 Å². The third kappa shape index (κ3) is 5.07. The molecular formula is C34H32O7. The highest BCUT2D eigenvalue weighted by Crippen LogP contribution is 2.56. The minimum atomic E-state index is -0.356. The quantitative estimate of drug-likeness (QED) is 0.203. The van der Waals surface area contributed by atoms with Gasteiger partial charge in [0.15, 0.2) is 5.78 Å². The molecule has 0 bridgehead atoms. The number of carbonyl (C=O) groups is 1. The summed E-state index contributed by atoms with van der Waals surface area (Å²) in [6.45, 7) is 0. The van der Waals surface area contributed by atoms with Crippen molar-refractivity contribution in [1.29, 1.82) is 0 Å². The monoisotopic (exact) mass is 552 g/mol. The number of ether oxygens (including phenoxy) is 6. The first-order chi connectivity index (χ1) is 20.0. The lowest BCUT2D eigenvalue weighted by molar-refractivity contribution is 0.105. The van der Waals surface area contributed by atoms with Crippen molar-refractivity contribution >= 4 is 16.9 Å². The van der Waals surface area contributed by atoms with Crippen LogP contribution in [0, 0.1) is 0 Å². The summed E-state index contributed by atoms with van der Waals surface area (Å²) in [4.78, 5) is 14.5. The molecule has 0 aliphatic heterocycles. The molecule has 0 aromatic heterocycles. The molecule has 0 saturated heterocycles. The zero-order valence-electron chi connectivity index (χ0n) is 23.9. The Morgan fingerprint density at radius 2 is 1.07 bits per heavy atom. The minimum Gasteiger partial charge on any atom is -0.497 e. The summed E-state index contributed by atoms with van der Waals surface area (Å²) in [7, 11) is 9.66. The Labute approximate surface area is 239 Å². The Bertz CT molecular complexity index is 1580. The maximum atomic E-state index is 14.5. The molecule has 0 radical (unpaired) electrons. The molecule has 210 valence electrons. The number of fused-ring (bicyclic) bond motifs is 1. The molecule has 1 unspecified atom stereocenters. The van der Waals surface area contributed by atoms with Crippen molar-refractivity contribution < 1.29 is 33.2 Å². The molecule has 0 heterocycles. The molecule has 4 aromatic carbocycles. The molecule has 7 nitrogen and oxygen atoms in total. The van der Waals surface area contributed by atoms with Gasteiger partial charge in [-0.25, -0.2) is 0 Å². The van der Waals surface area contributed by atoms with Gasteiger partial charge >= 0.3 is 0 Å². The van der Waals surface area contributed by atoms with Gasteiger partial charge in [-0.3, -0.25) is 4.79 Å². The van der Waals surface area contributed by atoms with E-state index in [1.165, 1.54) is 0 Å². The highest BCUT2D eigenvalue weighted by molar-refractivity contribution is 6.37. The first kappa shape index (κ1) is 27.6. The number of carbonyl (C=O) groups excluding carboxylic acids is 1. The Kier molecular flexibility index (Phi) is 7.88. The van der Waals surface area contributed by atoms with E-state index in [1.54, 1.807) is 66.9 Å². The van der Waals surface area contributed by atoms with Crippen molar-refractivity contribution in [3.05, 3.63) is 107 Å². The van der Waals surface area contributed by atoms with Crippen LogP contribution in [0.1, 0.15) is 38.5 Å². The number of Topliss-reactive ketones (excluding diaryl/α,β-unsaturated/α-hetero) is 1. The number of methoxy groups -OCH3 is 6. The molecule has 0 spiro atoms. The molecule has 1 aliphatic carbocycles. The molecule has 41 heavy (non-hydrogen) atoms. The Morgan fingerprint density at radius 3 is 1.59 bits per heavy atom. The fourth-order valence-electron chi connectivity index (χ4n) is 5.36. The predicted octanol–water partition coefficient (Wildman–Crippen LogP) is 6.68. The van der Waals surface area contributed by atoms with Crippen molar-refractivity contribution in [2.24, 2.45) is 0 Å². The summed E-state index contributed by atoms with van der Waals surface area (Å²) in [6.07, 6.45) is 0. The first-order valence-electron chi connectivity index (χ1n) is 13.0. The van der Waals surface area contributed by atoms with Crippen LogP contribution in [-0.4, -0.2) is 48.4 Å². The summed E-state index contributed by atoms with van der Waals surface area (Å²) < 4.78 is 33.6. The summed E-state index contributed by atoms with van der Waals surface area (Å²) in [5.74, 6) is 3.32. The fourth-order valence-corrected chi connectivity index (χ4v) is 5.36. The van der Waals surface area contributed by atoms with Crippen LogP contribution in [0.4, 0.5) is 0 Å². The zero-order valence-corrected chi connectivity index (χ0v) is 23.9. The van der Waals surface area contributed by atoms with Crippen LogP contribution in [0.3, 0.4) is 0 Å². The van der Waals surface area contributed by atoms with Gasteiger partial charge in [0.1, 0.15) is 34.5 Å². The molecule has 0 fully saturated rings. The standard InChI is InChI=1S/C34H32O7/c1-36-23-11-7-20(8-12-23)30-31(22-15-25(38-3)17-26(16-22)39-4)33(34(35)21-9-13-24(37-2)14-10-21)28-18-27(40-5)19-29(41-6)32(28)30/h7-19,30H,1-6H3. The Morgan fingerprint density at radius 1 is 0.561 bits per heavy atom. The second-order valence-electron chi connectivity index (χ2n) is 9.44. The lowest BCUT2D eigenvalue weighted by Gasteiger charge is -2.21. The highest BCUT2D eigenvalue weighted by Gasteiger charge is 2.40. The molecule has 1 atom stereocenters. The molecule has 7 heteroatoms. The van der Waals surface area contributed by atoms with Crippen LogP contribution in [0.15, 0.2) is 78.9 Å². The normalized spacial score (nSPS) is 13.9. The smallest absolute Gasteiger partial charge is 0.193 e. The van der Waals surface area contributed by atoms with Gasteiger partial charge in [0, 0.05) is 34.8 Å². The molecule has 1 aliphatic rings. The van der Waals surface area contributed by atoms with Crippen molar-refractivity contribution in [3.8, 4) is 34.5 Å². The highest BCUT2D eigenvalue weighted by atomic mass is 16.5. The van der Waals surface area contributed by atoms with Crippen LogP contribution in [0.25, 0.3) is 11.1 Å². The van der Waals surface area contributed by atoms with E-state index in [2.05, 4.69) is 0 Å². The van der Waals surface area contributed by atoms with E-state index in [1.807, 2.05) is 54.6 Å². The van der Waals surface area contributed by atoms with Gasteiger partial charge in [0.2, 0.25) is 0 Å². The van der Waals surface area contributed by atoms with Gasteiger partial charge < -0.3 is 28.4 Å². The third-order valence-corrected chi connectivity index (χ3v) is 7.38. The third-order valence-electron chi connectivity index (χ3n) is 7.38. The van der Waals surface area contributed by atoms with Crippen LogP contribution in [0.2, 0.25) is 0 Å². The van der Waals surface area contributed by atoms with Crippen molar-refractivity contribution in [1.82, 2.24) is 0 Å². The number of hydrogen-bond acceptors (Lipinski definition) is 7. The molecule has 0 saturated carbocycles. The van der Waals surface area contributed by atoms with Crippen LogP contribution >= 0.6 is 0 Å². The molecule has 4 aromatic rings. The fraction of sp³-hybridized carbons (Fsp3) is 0.206. The van der Waals surface area contributed by atoms with E-state index >= 15 is 0 Å². The number of ketones is 1. The summed E-state index contributed by atoms with van der Waals surface area (Å²) in [5, 5.41) is 0. The van der Waals surface area contributed by atoms with Crippen molar-refractivity contribution in [3.63, 3.8) is 0 Å². The van der Waals surface area contributed by atoms with Crippen molar-refractivity contribution in [2.75, 3.05) is 42.7 Å². The van der Waals surface area contributed by atoms with Crippen LogP contribution in [-0.2, 0) is 0 Å². The predicted molar refractivity (Wildman–Crippen MR) is 158 cm³/mol. The maximum absolute atomic E-state index is 14.5. The number of allylic oxidation sites excluding steroid dienone is 2. The van der Waals surface area contributed by atoms with Gasteiger partial charge in [-0.2, -0.15) is 0 Å². The van der Waals surface area contributed by atoms with Gasteiger partial charge in [0.05, 0.1) is 42.7 Å². The van der Waals surface area contributed by atoms with Gasteiger partial charge in [-0.05, 0) is 76.9 Å². The zero-order chi connectivity index (χ0) is 29.1. The first-order valence-corrected chi connectivity index (χ1v) is 13.0. The second kappa shape index (κ2) is 11.7. The molecule has 0 N–H and O–H groups in total. The average molecular weight is 553 g/mol. The number of benzene rings is 4. The molecule has 0 amide bonds. The Hall–Kier alpha value is -4.91.